The van der Waals surface area contributed by atoms with Crippen molar-refractivity contribution in [1.82, 2.24) is 9.29 Å². The monoisotopic (exact) mass is 510 g/mol. The lowest BCUT2D eigenvalue weighted by Gasteiger charge is -2.23. The molecule has 4 aromatic carbocycles. The van der Waals surface area contributed by atoms with Gasteiger partial charge in [-0.1, -0.05) is 84.9 Å². The van der Waals surface area contributed by atoms with E-state index in [0.29, 0.717) is 26.1 Å². The fourth-order valence-electron chi connectivity index (χ4n) is 4.08. The number of sulfonamides is 1. The predicted molar refractivity (Wildman–Crippen MR) is 140 cm³/mol. The number of benzene rings is 4. The van der Waals surface area contributed by atoms with Crippen LogP contribution in [0.25, 0.3) is 21.8 Å². The molecule has 0 saturated carbocycles. The van der Waals surface area contributed by atoms with Gasteiger partial charge < -0.3 is 4.74 Å². The molecule has 0 spiro atoms. The number of carbonyl (C=O) groups is 2. The number of hydrogen-bond donors (Lipinski definition) is 0. The van der Waals surface area contributed by atoms with E-state index < -0.39 is 28.4 Å². The number of carbonyl (C=O) groups excluding carboxylic acids is 2. The molecule has 8 heteroatoms. The second kappa shape index (κ2) is 10.2. The number of fused-ring (bicyclic) bond motifs is 2. The summed E-state index contributed by atoms with van der Waals surface area (Å²) in [6.07, 6.45) is 0. The first-order chi connectivity index (χ1) is 17.9. The molecule has 0 radical (unpaired) electrons. The van der Waals surface area contributed by atoms with Gasteiger partial charge >= 0.3 is 5.97 Å². The Bertz CT molecular complexity index is 1650. The van der Waals surface area contributed by atoms with Crippen LogP contribution in [-0.2, 0) is 26.2 Å². The summed E-state index contributed by atoms with van der Waals surface area (Å²) >= 11 is 0. The number of esters is 1. The Morgan fingerprint density at radius 2 is 1.22 bits per heavy atom. The molecule has 184 valence electrons. The molecule has 0 atom stereocenters. The first-order valence-corrected chi connectivity index (χ1v) is 13.0. The largest absolute Gasteiger partial charge is 0.459 e. The highest BCUT2D eigenvalue weighted by atomic mass is 32.2. The molecule has 0 aliphatic heterocycles. The summed E-state index contributed by atoms with van der Waals surface area (Å²) in [5, 5.41) is 0.967. The van der Waals surface area contributed by atoms with Crippen molar-refractivity contribution < 1.29 is 22.7 Å². The maximum atomic E-state index is 14.1. The highest BCUT2D eigenvalue weighted by molar-refractivity contribution is 7.89. The lowest BCUT2D eigenvalue weighted by atomic mass is 10.0. The third-order valence-electron chi connectivity index (χ3n) is 5.87. The van der Waals surface area contributed by atoms with Gasteiger partial charge in [-0.15, -0.1) is 0 Å². The topological polar surface area (TPSA) is 93.6 Å². The highest BCUT2D eigenvalue weighted by Gasteiger charge is 2.34. The zero-order valence-corrected chi connectivity index (χ0v) is 20.5. The van der Waals surface area contributed by atoms with Gasteiger partial charge in [-0.25, -0.2) is 17.7 Å². The molecule has 0 N–H and O–H groups in total. The fraction of sp³-hybridized carbons (Fsp3) is 0.0690. The smallest absolute Gasteiger partial charge is 0.327 e. The van der Waals surface area contributed by atoms with Gasteiger partial charge in [-0.05, 0) is 29.8 Å². The number of rotatable bonds is 7. The van der Waals surface area contributed by atoms with E-state index in [-0.39, 0.29) is 17.1 Å². The van der Waals surface area contributed by atoms with Crippen LogP contribution in [0.5, 0.6) is 0 Å². The van der Waals surface area contributed by atoms with E-state index in [0.717, 1.165) is 5.56 Å². The van der Waals surface area contributed by atoms with Gasteiger partial charge in [0.15, 0.2) is 0 Å². The summed E-state index contributed by atoms with van der Waals surface area (Å²) in [6.45, 7) is -0.831. The number of aromatic nitrogens is 1. The Morgan fingerprint density at radius 1 is 0.703 bits per heavy atom. The maximum Gasteiger partial charge on any atom is 0.327 e. The maximum absolute atomic E-state index is 14.1. The van der Waals surface area contributed by atoms with Gasteiger partial charge in [0.1, 0.15) is 13.2 Å². The molecular weight excluding hydrogens is 488 g/mol. The summed E-state index contributed by atoms with van der Waals surface area (Å²) in [4.78, 5) is 31.5. The first-order valence-electron chi connectivity index (χ1n) is 11.5. The zero-order chi connectivity index (χ0) is 25.8. The van der Waals surface area contributed by atoms with E-state index >= 15 is 0 Å². The Kier molecular flexibility index (Phi) is 6.66. The molecule has 7 nitrogen and oxygen atoms in total. The van der Waals surface area contributed by atoms with Crippen LogP contribution >= 0.6 is 0 Å². The zero-order valence-electron chi connectivity index (χ0n) is 19.7. The van der Waals surface area contributed by atoms with E-state index in [2.05, 4.69) is 4.98 Å². The normalized spacial score (nSPS) is 11.4. The van der Waals surface area contributed by atoms with Crippen LogP contribution in [0.1, 0.15) is 15.9 Å². The van der Waals surface area contributed by atoms with E-state index in [1.54, 1.807) is 91.0 Å². The lowest BCUT2D eigenvalue weighted by Crippen LogP contribution is -2.41. The minimum absolute atomic E-state index is 0.0474. The van der Waals surface area contributed by atoms with Crippen molar-refractivity contribution in [2.24, 2.45) is 0 Å². The third-order valence-corrected chi connectivity index (χ3v) is 7.62. The van der Waals surface area contributed by atoms with Crippen molar-refractivity contribution >= 4 is 43.7 Å². The Morgan fingerprint density at radius 3 is 1.81 bits per heavy atom. The van der Waals surface area contributed by atoms with Crippen LogP contribution in [-0.4, -0.2) is 36.1 Å². The molecule has 5 rings (SSSR count). The van der Waals surface area contributed by atoms with Crippen LogP contribution in [0.15, 0.2) is 114 Å². The lowest BCUT2D eigenvalue weighted by molar-refractivity contribution is -0.144. The Hall–Kier alpha value is -4.56. The summed E-state index contributed by atoms with van der Waals surface area (Å²) in [6, 6.07) is 30.6. The van der Waals surface area contributed by atoms with Crippen molar-refractivity contribution in [3.05, 3.63) is 120 Å². The van der Waals surface area contributed by atoms with Gasteiger partial charge in [0.05, 0.1) is 21.5 Å². The van der Waals surface area contributed by atoms with Crippen LogP contribution in [0.4, 0.5) is 0 Å². The minimum Gasteiger partial charge on any atom is -0.459 e. The van der Waals surface area contributed by atoms with E-state index in [4.69, 9.17) is 4.74 Å². The Balaban J connectivity index is 1.60. The number of hydrogen-bond acceptors (Lipinski definition) is 6. The number of nitrogens with zero attached hydrogens (tertiary/aromatic N) is 2. The van der Waals surface area contributed by atoms with E-state index in [1.807, 2.05) is 6.07 Å². The third kappa shape index (κ3) is 4.92. The molecule has 0 unspecified atom stereocenters. The van der Waals surface area contributed by atoms with Crippen LogP contribution < -0.4 is 0 Å². The van der Waals surface area contributed by atoms with E-state index in [1.165, 1.54) is 12.1 Å². The highest BCUT2D eigenvalue weighted by Crippen LogP contribution is 2.29. The number of ether oxygens (including phenoxy) is 1. The molecule has 0 aliphatic rings. The summed E-state index contributed by atoms with van der Waals surface area (Å²) in [5.41, 5.74) is 1.96. The molecule has 1 heterocycles. The van der Waals surface area contributed by atoms with Gasteiger partial charge in [-0.2, -0.15) is 0 Å². The molecule has 1 amide bonds. The average Bonchev–Trinajstić information content (AvgIpc) is 2.94. The molecule has 0 fully saturated rings. The summed E-state index contributed by atoms with van der Waals surface area (Å²) in [7, 11) is -4.40. The quantitative estimate of drug-likeness (QED) is 0.227. The van der Waals surface area contributed by atoms with Crippen molar-refractivity contribution in [2.45, 2.75) is 11.5 Å². The molecule has 37 heavy (non-hydrogen) atoms. The van der Waals surface area contributed by atoms with E-state index in [9.17, 15) is 18.0 Å². The van der Waals surface area contributed by atoms with Crippen molar-refractivity contribution in [2.75, 3.05) is 6.54 Å². The molecule has 0 aliphatic carbocycles. The molecule has 0 saturated heterocycles. The number of pyridine rings is 1. The molecule has 1 aromatic heterocycles. The van der Waals surface area contributed by atoms with Gasteiger partial charge in [0.25, 0.3) is 15.9 Å². The Labute approximate surface area is 214 Å². The van der Waals surface area contributed by atoms with Gasteiger partial charge in [0, 0.05) is 10.8 Å². The average molecular weight is 511 g/mol. The molecule has 5 aromatic rings. The van der Waals surface area contributed by atoms with Gasteiger partial charge in [-0.3, -0.25) is 9.59 Å². The van der Waals surface area contributed by atoms with Crippen LogP contribution in [0.3, 0.4) is 0 Å². The van der Waals surface area contributed by atoms with Crippen molar-refractivity contribution in [3.8, 4) is 0 Å². The van der Waals surface area contributed by atoms with Crippen molar-refractivity contribution in [3.63, 3.8) is 0 Å². The summed E-state index contributed by atoms with van der Waals surface area (Å²) < 4.78 is 33.3. The summed E-state index contributed by atoms with van der Waals surface area (Å²) in [5.74, 6) is -1.69. The SMILES string of the molecule is O=C(CN(C(=O)c1c2ccccc2nc2ccccc12)S(=O)(=O)c1ccccc1)OCc1ccccc1. The first kappa shape index (κ1) is 24.1. The standard InChI is InChI=1S/C29H22N2O5S/c32-27(36-20-21-11-3-1-4-12-21)19-31(37(34,35)22-13-5-2-6-14-22)29(33)28-23-15-7-9-17-25(23)30-26-18-10-8-16-24(26)28/h1-18H,19-20H2. The van der Waals surface area contributed by atoms with Crippen molar-refractivity contribution in [1.29, 1.82) is 0 Å². The second-order valence-corrected chi connectivity index (χ2v) is 10.2. The predicted octanol–water partition coefficient (Wildman–Crippen LogP) is 4.96. The van der Waals surface area contributed by atoms with Crippen LogP contribution in [0.2, 0.25) is 0 Å². The fourth-order valence-corrected chi connectivity index (χ4v) is 5.42. The number of para-hydroxylation sites is 2. The van der Waals surface area contributed by atoms with Gasteiger partial charge in [0.2, 0.25) is 0 Å². The number of amides is 1. The molecular formula is C29H22N2O5S. The van der Waals surface area contributed by atoms with Crippen LogP contribution in [0, 0.1) is 0 Å². The molecule has 0 bridgehead atoms. The second-order valence-electron chi connectivity index (χ2n) is 8.30. The minimum atomic E-state index is -4.40.